The normalized spacial score (nSPS) is 14.3. The Morgan fingerprint density at radius 1 is 1.04 bits per heavy atom. The molecule has 0 aliphatic carbocycles. The standard InChI is InChI=1S/C8H7BrClNO2.C6H3BrClNO/c9-6-4-11-7(10)3-5(6)8-12-1-2-13-8;7-5-2-9-6(8)1-4(5)3-10/h3-4,8H,1-2H2;1-3H. The molecule has 2 aromatic rings. The molecule has 0 N–H and O–H groups in total. The Balaban J connectivity index is 0.000000174. The molecule has 0 saturated carbocycles. The van der Waals surface area contributed by atoms with Crippen LogP contribution in [-0.4, -0.2) is 29.5 Å². The summed E-state index contributed by atoms with van der Waals surface area (Å²) in [6.45, 7) is 1.24. The highest BCUT2D eigenvalue weighted by molar-refractivity contribution is 9.10. The lowest BCUT2D eigenvalue weighted by atomic mass is 10.2. The number of carbonyl (C=O) groups is 1. The highest BCUT2D eigenvalue weighted by Gasteiger charge is 2.21. The fraction of sp³-hybridized carbons (Fsp3) is 0.214. The number of rotatable bonds is 2. The first-order valence-electron chi connectivity index (χ1n) is 6.31. The molecule has 23 heavy (non-hydrogen) atoms. The van der Waals surface area contributed by atoms with Gasteiger partial charge in [0.05, 0.1) is 13.2 Å². The molecule has 3 rings (SSSR count). The quantitative estimate of drug-likeness (QED) is 0.450. The number of aromatic nitrogens is 2. The number of hydrogen-bond acceptors (Lipinski definition) is 5. The Bertz CT molecular complexity index is 698. The number of pyridine rings is 2. The summed E-state index contributed by atoms with van der Waals surface area (Å²) in [6.07, 6.45) is 3.54. The summed E-state index contributed by atoms with van der Waals surface area (Å²) in [5.74, 6) is 0. The van der Waals surface area contributed by atoms with Crippen LogP contribution in [0.4, 0.5) is 0 Å². The Morgan fingerprint density at radius 2 is 1.61 bits per heavy atom. The van der Waals surface area contributed by atoms with Gasteiger partial charge in [0.2, 0.25) is 0 Å². The minimum absolute atomic E-state index is 0.310. The van der Waals surface area contributed by atoms with Gasteiger partial charge in [0.25, 0.3) is 0 Å². The van der Waals surface area contributed by atoms with Crippen LogP contribution in [0, 0.1) is 0 Å². The predicted octanol–water partition coefficient (Wildman–Crippen LogP) is 4.85. The van der Waals surface area contributed by atoms with Crippen molar-refractivity contribution in [2.75, 3.05) is 13.2 Å². The minimum Gasteiger partial charge on any atom is -0.346 e. The molecule has 0 radical (unpaired) electrons. The average molecular weight is 485 g/mol. The molecule has 0 bridgehead atoms. The molecule has 0 atom stereocenters. The van der Waals surface area contributed by atoms with Gasteiger partial charge in [0.1, 0.15) is 10.3 Å². The van der Waals surface area contributed by atoms with Crippen molar-refractivity contribution in [3.63, 3.8) is 0 Å². The summed E-state index contributed by atoms with van der Waals surface area (Å²) < 4.78 is 12.2. The third-order valence-electron chi connectivity index (χ3n) is 2.71. The molecule has 0 amide bonds. The number of carbonyl (C=O) groups excluding carboxylic acids is 1. The van der Waals surface area contributed by atoms with Crippen molar-refractivity contribution in [3.8, 4) is 0 Å². The average Bonchev–Trinajstić information content (AvgIpc) is 3.07. The number of nitrogens with zero attached hydrogens (tertiary/aromatic N) is 2. The largest absolute Gasteiger partial charge is 0.346 e. The van der Waals surface area contributed by atoms with Crippen molar-refractivity contribution < 1.29 is 14.3 Å². The maximum atomic E-state index is 10.3. The molecule has 0 spiro atoms. The second-order valence-corrected chi connectivity index (χ2v) is 6.73. The minimum atomic E-state index is -0.310. The van der Waals surface area contributed by atoms with E-state index < -0.39 is 0 Å². The first-order valence-corrected chi connectivity index (χ1v) is 8.66. The van der Waals surface area contributed by atoms with Gasteiger partial charge in [-0.2, -0.15) is 0 Å². The molecule has 0 unspecified atom stereocenters. The maximum Gasteiger partial charge on any atom is 0.185 e. The van der Waals surface area contributed by atoms with Crippen LogP contribution in [-0.2, 0) is 9.47 Å². The summed E-state index contributed by atoms with van der Waals surface area (Å²) in [4.78, 5) is 17.9. The van der Waals surface area contributed by atoms with Crippen LogP contribution < -0.4 is 0 Å². The van der Waals surface area contributed by atoms with Crippen LogP contribution in [0.25, 0.3) is 0 Å². The maximum absolute atomic E-state index is 10.3. The molecule has 1 aliphatic heterocycles. The van der Waals surface area contributed by atoms with Crippen molar-refractivity contribution in [2.24, 2.45) is 0 Å². The fourth-order valence-corrected chi connectivity index (χ4v) is 2.71. The van der Waals surface area contributed by atoms with Gasteiger partial charge >= 0.3 is 0 Å². The third-order valence-corrected chi connectivity index (χ3v) is 4.44. The summed E-state index contributed by atoms with van der Waals surface area (Å²) in [7, 11) is 0. The lowest BCUT2D eigenvalue weighted by Crippen LogP contribution is -1.99. The van der Waals surface area contributed by atoms with Crippen LogP contribution in [0.2, 0.25) is 10.3 Å². The molecule has 122 valence electrons. The topological polar surface area (TPSA) is 61.3 Å². The van der Waals surface area contributed by atoms with Gasteiger partial charge in [-0.25, -0.2) is 9.97 Å². The van der Waals surface area contributed by atoms with Gasteiger partial charge in [-0.15, -0.1) is 0 Å². The van der Waals surface area contributed by atoms with Crippen LogP contribution in [0.15, 0.2) is 33.5 Å². The van der Waals surface area contributed by atoms with Gasteiger partial charge in [-0.1, -0.05) is 23.2 Å². The van der Waals surface area contributed by atoms with E-state index in [-0.39, 0.29) is 6.29 Å². The van der Waals surface area contributed by atoms with E-state index >= 15 is 0 Å². The van der Waals surface area contributed by atoms with Crippen LogP contribution in [0.1, 0.15) is 22.2 Å². The van der Waals surface area contributed by atoms with E-state index in [4.69, 9.17) is 32.7 Å². The van der Waals surface area contributed by atoms with Crippen molar-refractivity contribution in [2.45, 2.75) is 6.29 Å². The van der Waals surface area contributed by atoms with Crippen LogP contribution >= 0.6 is 55.1 Å². The number of aldehydes is 1. The lowest BCUT2D eigenvalue weighted by Gasteiger charge is -2.10. The van der Waals surface area contributed by atoms with E-state index in [0.29, 0.717) is 33.6 Å². The third kappa shape index (κ3) is 5.48. The molecule has 1 fully saturated rings. The number of halogens is 4. The molecule has 9 heteroatoms. The summed E-state index contributed by atoms with van der Waals surface area (Å²) >= 11 is 17.8. The lowest BCUT2D eigenvalue weighted by molar-refractivity contribution is -0.0446. The zero-order valence-electron chi connectivity index (χ0n) is 11.5. The monoisotopic (exact) mass is 482 g/mol. The molecular formula is C14H10Br2Cl2N2O3. The van der Waals surface area contributed by atoms with Crippen molar-refractivity contribution in [1.82, 2.24) is 9.97 Å². The molecule has 1 saturated heterocycles. The van der Waals surface area contributed by atoms with E-state index in [0.717, 1.165) is 16.3 Å². The predicted molar refractivity (Wildman–Crippen MR) is 93.9 cm³/mol. The second kappa shape index (κ2) is 9.05. The zero-order valence-corrected chi connectivity index (χ0v) is 16.2. The molecular weight excluding hydrogens is 475 g/mol. The van der Waals surface area contributed by atoms with Gasteiger partial charge in [-0.3, -0.25) is 4.79 Å². The van der Waals surface area contributed by atoms with Crippen molar-refractivity contribution >= 4 is 61.3 Å². The molecule has 3 heterocycles. The Labute approximate surface area is 159 Å². The SMILES string of the molecule is Clc1cc(C2OCCO2)c(Br)cn1.O=Cc1cc(Cl)ncc1Br. The zero-order chi connectivity index (χ0) is 16.8. The number of ether oxygens (including phenoxy) is 2. The second-order valence-electron chi connectivity index (χ2n) is 4.25. The van der Waals surface area contributed by atoms with Gasteiger partial charge in [0, 0.05) is 32.5 Å². The molecule has 0 aromatic carbocycles. The van der Waals surface area contributed by atoms with E-state index in [1.54, 1.807) is 12.3 Å². The molecule has 1 aliphatic rings. The van der Waals surface area contributed by atoms with E-state index in [2.05, 4.69) is 41.8 Å². The van der Waals surface area contributed by atoms with E-state index in [1.807, 2.05) is 0 Å². The Hall–Kier alpha value is -0.570. The molecule has 2 aromatic heterocycles. The smallest absolute Gasteiger partial charge is 0.185 e. The van der Waals surface area contributed by atoms with Crippen LogP contribution in [0.3, 0.4) is 0 Å². The summed E-state index contributed by atoms with van der Waals surface area (Å²) in [5.41, 5.74) is 1.40. The van der Waals surface area contributed by atoms with E-state index in [1.165, 1.54) is 12.3 Å². The highest BCUT2D eigenvalue weighted by atomic mass is 79.9. The van der Waals surface area contributed by atoms with Crippen molar-refractivity contribution in [3.05, 3.63) is 54.9 Å². The van der Waals surface area contributed by atoms with Crippen LogP contribution in [0.5, 0.6) is 0 Å². The highest BCUT2D eigenvalue weighted by Crippen LogP contribution is 2.30. The van der Waals surface area contributed by atoms with E-state index in [9.17, 15) is 4.79 Å². The summed E-state index contributed by atoms with van der Waals surface area (Å²) in [5, 5.41) is 0.766. The van der Waals surface area contributed by atoms with Gasteiger partial charge < -0.3 is 9.47 Å². The first-order chi connectivity index (χ1) is 11.0. The Kier molecular flexibility index (Phi) is 7.39. The number of hydrogen-bond donors (Lipinski definition) is 0. The Morgan fingerprint density at radius 3 is 2.17 bits per heavy atom. The van der Waals surface area contributed by atoms with Gasteiger partial charge in [-0.05, 0) is 44.0 Å². The molecule has 5 nitrogen and oxygen atoms in total. The van der Waals surface area contributed by atoms with Crippen molar-refractivity contribution in [1.29, 1.82) is 0 Å². The first kappa shape index (κ1) is 18.8. The summed E-state index contributed by atoms with van der Waals surface area (Å²) in [6, 6.07) is 3.24. The fourth-order valence-electron chi connectivity index (χ4n) is 1.66. The van der Waals surface area contributed by atoms with Gasteiger partial charge in [0.15, 0.2) is 12.6 Å².